The molecule has 1 aliphatic rings. The van der Waals surface area contributed by atoms with E-state index >= 15 is 0 Å². The van der Waals surface area contributed by atoms with Crippen molar-refractivity contribution in [2.24, 2.45) is 0 Å². The fourth-order valence-electron chi connectivity index (χ4n) is 2.36. The van der Waals surface area contributed by atoms with E-state index in [0.717, 1.165) is 16.9 Å². The summed E-state index contributed by atoms with van der Waals surface area (Å²) < 4.78 is 10.6. The fourth-order valence-corrected chi connectivity index (χ4v) is 2.36. The molecule has 2 atom stereocenters. The minimum atomic E-state index is -0.582. The highest BCUT2D eigenvalue weighted by Gasteiger charge is 2.28. The Hall–Kier alpha value is -1.26. The quantitative estimate of drug-likeness (QED) is 0.828. The molecule has 19 heavy (non-hydrogen) atoms. The van der Waals surface area contributed by atoms with E-state index in [0.29, 0.717) is 11.8 Å². The minimum absolute atomic E-state index is 0.00787. The zero-order valence-electron chi connectivity index (χ0n) is 12.1. The molecule has 2 rings (SSSR count). The summed E-state index contributed by atoms with van der Waals surface area (Å²) in [6, 6.07) is 4.31. The predicted molar refractivity (Wildman–Crippen MR) is 74.9 cm³/mol. The van der Waals surface area contributed by atoms with Crippen molar-refractivity contribution in [1.82, 2.24) is 5.32 Å². The largest absolute Gasteiger partial charge is 0.497 e. The maximum Gasteiger partial charge on any atom is 0.128 e. The Bertz CT molecular complexity index is 443. The second-order valence-electron chi connectivity index (χ2n) is 5.23. The maximum atomic E-state index is 10.5. The van der Waals surface area contributed by atoms with Crippen LogP contribution >= 0.6 is 0 Å². The fraction of sp³-hybridized carbons (Fsp3) is 0.600. The van der Waals surface area contributed by atoms with Crippen molar-refractivity contribution in [2.75, 3.05) is 14.2 Å². The number of methoxy groups -OCH3 is 2. The van der Waals surface area contributed by atoms with E-state index in [1.165, 1.54) is 12.8 Å². The second kappa shape index (κ2) is 5.80. The lowest BCUT2D eigenvalue weighted by Gasteiger charge is -2.24. The van der Waals surface area contributed by atoms with Gasteiger partial charge in [-0.05, 0) is 38.3 Å². The second-order valence-corrected chi connectivity index (χ2v) is 5.23. The zero-order valence-corrected chi connectivity index (χ0v) is 12.1. The van der Waals surface area contributed by atoms with E-state index in [4.69, 9.17) is 9.47 Å². The van der Waals surface area contributed by atoms with E-state index < -0.39 is 6.10 Å². The van der Waals surface area contributed by atoms with Gasteiger partial charge in [-0.25, -0.2) is 0 Å². The summed E-state index contributed by atoms with van der Waals surface area (Å²) in [5.74, 6) is 1.42. The molecule has 2 N–H and O–H groups in total. The molecular weight excluding hydrogens is 242 g/mol. The number of hydrogen-bond donors (Lipinski definition) is 2. The lowest BCUT2D eigenvalue weighted by molar-refractivity contribution is 0.131. The van der Waals surface area contributed by atoms with Crippen molar-refractivity contribution in [1.29, 1.82) is 0 Å². The van der Waals surface area contributed by atoms with Crippen molar-refractivity contribution in [3.05, 3.63) is 23.3 Å². The van der Waals surface area contributed by atoms with Gasteiger partial charge in [-0.2, -0.15) is 0 Å². The van der Waals surface area contributed by atoms with Gasteiger partial charge in [0.15, 0.2) is 0 Å². The van der Waals surface area contributed by atoms with Crippen LogP contribution in [0.4, 0.5) is 0 Å². The molecule has 0 bridgehead atoms. The average Bonchev–Trinajstić information content (AvgIpc) is 3.20. The Balaban J connectivity index is 2.25. The molecule has 0 heterocycles. The van der Waals surface area contributed by atoms with Crippen LogP contribution in [0.25, 0.3) is 0 Å². The van der Waals surface area contributed by atoms with Crippen LogP contribution in [-0.2, 0) is 0 Å². The molecule has 0 aliphatic heterocycles. The number of aliphatic hydroxyl groups is 1. The number of rotatable bonds is 6. The monoisotopic (exact) mass is 265 g/mol. The van der Waals surface area contributed by atoms with Crippen LogP contribution in [0.3, 0.4) is 0 Å². The number of aryl methyl sites for hydroxylation is 1. The van der Waals surface area contributed by atoms with Gasteiger partial charge in [0.25, 0.3) is 0 Å². The van der Waals surface area contributed by atoms with E-state index in [1.807, 2.05) is 26.0 Å². The number of nitrogens with one attached hydrogen (secondary N) is 1. The van der Waals surface area contributed by atoms with E-state index in [2.05, 4.69) is 5.32 Å². The van der Waals surface area contributed by atoms with Gasteiger partial charge in [0.05, 0.1) is 20.3 Å². The summed E-state index contributed by atoms with van der Waals surface area (Å²) in [5, 5.41) is 14.0. The first-order valence-electron chi connectivity index (χ1n) is 6.73. The number of aliphatic hydroxyl groups excluding tert-OH is 1. The first-order valence-corrected chi connectivity index (χ1v) is 6.73. The number of hydrogen-bond acceptors (Lipinski definition) is 4. The number of ether oxygens (including phenoxy) is 2. The van der Waals surface area contributed by atoms with Gasteiger partial charge in [0.1, 0.15) is 11.5 Å². The summed E-state index contributed by atoms with van der Waals surface area (Å²) in [4.78, 5) is 0. The van der Waals surface area contributed by atoms with Gasteiger partial charge in [-0.3, -0.25) is 0 Å². The molecule has 2 unspecified atom stereocenters. The molecule has 0 spiro atoms. The van der Waals surface area contributed by atoms with Crippen molar-refractivity contribution in [3.8, 4) is 11.5 Å². The molecular formula is C15H23NO3. The van der Waals surface area contributed by atoms with Crippen molar-refractivity contribution >= 4 is 0 Å². The van der Waals surface area contributed by atoms with Gasteiger partial charge in [0.2, 0.25) is 0 Å². The van der Waals surface area contributed by atoms with Gasteiger partial charge in [0, 0.05) is 23.7 Å². The van der Waals surface area contributed by atoms with Crippen LogP contribution in [0.1, 0.15) is 37.0 Å². The van der Waals surface area contributed by atoms with Gasteiger partial charge >= 0.3 is 0 Å². The summed E-state index contributed by atoms with van der Waals surface area (Å²) in [6.07, 6.45) is 1.83. The zero-order chi connectivity index (χ0) is 14.0. The molecule has 1 aromatic rings. The molecule has 1 aromatic carbocycles. The van der Waals surface area contributed by atoms with Crippen LogP contribution in [0.15, 0.2) is 12.1 Å². The molecule has 4 nitrogen and oxygen atoms in total. The summed E-state index contributed by atoms with van der Waals surface area (Å²) in [6.45, 7) is 3.97. The molecule has 0 radical (unpaired) electrons. The predicted octanol–water partition coefficient (Wildman–Crippen LogP) is 2.19. The Morgan fingerprint density at radius 1 is 1.26 bits per heavy atom. The van der Waals surface area contributed by atoms with Gasteiger partial charge < -0.3 is 19.9 Å². The van der Waals surface area contributed by atoms with Crippen LogP contribution in [0.2, 0.25) is 0 Å². The molecule has 1 saturated carbocycles. The third-order valence-electron chi connectivity index (χ3n) is 3.62. The third kappa shape index (κ3) is 3.19. The summed E-state index contributed by atoms with van der Waals surface area (Å²) in [5.41, 5.74) is 1.82. The standard InChI is InChI=1S/C15H23NO3/c1-9-7-12(18-3)8-13(19-4)14(9)15(17)10(2)16-11-5-6-11/h7-8,10-11,15-17H,5-6H2,1-4H3. The molecule has 0 saturated heterocycles. The third-order valence-corrected chi connectivity index (χ3v) is 3.62. The number of benzene rings is 1. The lowest BCUT2D eigenvalue weighted by Crippen LogP contribution is -2.34. The highest BCUT2D eigenvalue weighted by atomic mass is 16.5. The highest BCUT2D eigenvalue weighted by molar-refractivity contribution is 5.47. The van der Waals surface area contributed by atoms with E-state index in [9.17, 15) is 5.11 Å². The molecule has 0 aromatic heterocycles. The van der Waals surface area contributed by atoms with Crippen LogP contribution in [0.5, 0.6) is 11.5 Å². The topological polar surface area (TPSA) is 50.7 Å². The Labute approximate surface area is 114 Å². The van der Waals surface area contributed by atoms with Crippen LogP contribution < -0.4 is 14.8 Å². The van der Waals surface area contributed by atoms with Crippen LogP contribution in [-0.4, -0.2) is 31.4 Å². The van der Waals surface area contributed by atoms with Crippen molar-refractivity contribution < 1.29 is 14.6 Å². The Morgan fingerprint density at radius 2 is 1.95 bits per heavy atom. The average molecular weight is 265 g/mol. The van der Waals surface area contributed by atoms with E-state index in [-0.39, 0.29) is 6.04 Å². The Morgan fingerprint density at radius 3 is 2.47 bits per heavy atom. The normalized spacial score (nSPS) is 17.9. The first kappa shape index (κ1) is 14.2. The Kier molecular flexibility index (Phi) is 4.32. The van der Waals surface area contributed by atoms with Gasteiger partial charge in [-0.15, -0.1) is 0 Å². The maximum absolute atomic E-state index is 10.5. The van der Waals surface area contributed by atoms with Crippen LogP contribution in [0, 0.1) is 6.92 Å². The van der Waals surface area contributed by atoms with Crippen molar-refractivity contribution in [3.63, 3.8) is 0 Å². The molecule has 0 amide bonds. The van der Waals surface area contributed by atoms with Crippen molar-refractivity contribution in [2.45, 2.75) is 44.9 Å². The molecule has 1 fully saturated rings. The van der Waals surface area contributed by atoms with E-state index in [1.54, 1.807) is 14.2 Å². The minimum Gasteiger partial charge on any atom is -0.497 e. The SMILES string of the molecule is COc1cc(C)c(C(O)C(C)NC2CC2)c(OC)c1. The molecule has 106 valence electrons. The highest BCUT2D eigenvalue weighted by Crippen LogP contribution is 2.35. The first-order chi connectivity index (χ1) is 9.06. The molecule has 4 heteroatoms. The lowest BCUT2D eigenvalue weighted by atomic mass is 9.97. The van der Waals surface area contributed by atoms with Gasteiger partial charge in [-0.1, -0.05) is 0 Å². The summed E-state index contributed by atoms with van der Waals surface area (Å²) >= 11 is 0. The smallest absolute Gasteiger partial charge is 0.128 e. The molecule has 1 aliphatic carbocycles. The summed E-state index contributed by atoms with van der Waals surface area (Å²) in [7, 11) is 3.24.